The summed E-state index contributed by atoms with van der Waals surface area (Å²) in [4.78, 5) is 14.6. The van der Waals surface area contributed by atoms with Crippen molar-refractivity contribution in [2.75, 3.05) is 7.05 Å². The van der Waals surface area contributed by atoms with E-state index in [1.807, 2.05) is 0 Å². The van der Waals surface area contributed by atoms with E-state index in [1.54, 1.807) is 0 Å². The number of hydroxylamine groups is 2. The monoisotopic (exact) mass is 265 g/mol. The summed E-state index contributed by atoms with van der Waals surface area (Å²) < 4.78 is 0.334. The van der Waals surface area contributed by atoms with E-state index in [0.717, 1.165) is 11.3 Å². The molecule has 88 valence electrons. The second-order valence-electron chi connectivity index (χ2n) is 2.55. The third-order valence-electron chi connectivity index (χ3n) is 1.48. The second kappa shape index (κ2) is 5.58. The Kier molecular flexibility index (Phi) is 4.40. The Morgan fingerprint density at radius 3 is 3.06 bits per heavy atom. The molecule has 0 amide bonds. The van der Waals surface area contributed by atoms with Crippen molar-refractivity contribution in [1.82, 2.24) is 15.4 Å². The normalized spacial score (nSPS) is 11.3. The van der Waals surface area contributed by atoms with Crippen molar-refractivity contribution in [3.8, 4) is 0 Å². The topological polar surface area (TPSA) is 104 Å². The lowest BCUT2D eigenvalue weighted by Crippen LogP contribution is -2.37. The SMILES string of the molecule is CNC(=N[N+](=O)[O-])N(O)Cc1cnc(Cl)s1. The molecule has 0 radical (unpaired) electrons. The van der Waals surface area contributed by atoms with E-state index in [4.69, 9.17) is 11.6 Å². The highest BCUT2D eigenvalue weighted by Gasteiger charge is 2.13. The summed E-state index contributed by atoms with van der Waals surface area (Å²) in [5, 5.41) is 24.7. The maximum atomic E-state index is 10.1. The standard InChI is InChI=1S/C6H8ClN5O3S/c1-8-6(10-12(14)15)11(13)3-4-2-9-5(7)16-4/h2,13H,3H2,1H3,(H,8,10). The number of halogens is 1. The van der Waals surface area contributed by atoms with Crippen LogP contribution in [0, 0.1) is 10.1 Å². The molecule has 1 heterocycles. The Labute approximate surface area is 99.3 Å². The van der Waals surface area contributed by atoms with E-state index >= 15 is 0 Å². The molecule has 8 nitrogen and oxygen atoms in total. The van der Waals surface area contributed by atoms with E-state index in [9.17, 15) is 15.3 Å². The van der Waals surface area contributed by atoms with Crippen molar-refractivity contribution in [3.63, 3.8) is 0 Å². The van der Waals surface area contributed by atoms with Crippen molar-refractivity contribution in [2.24, 2.45) is 5.10 Å². The molecule has 1 aromatic rings. The number of nitrogens with one attached hydrogen (secondary N) is 1. The summed E-state index contributed by atoms with van der Waals surface area (Å²) in [5.74, 6) is -0.269. The molecule has 0 spiro atoms. The van der Waals surface area contributed by atoms with Gasteiger partial charge < -0.3 is 5.32 Å². The van der Waals surface area contributed by atoms with Crippen LogP contribution in [0.15, 0.2) is 11.3 Å². The predicted molar refractivity (Wildman–Crippen MR) is 57.9 cm³/mol. The van der Waals surface area contributed by atoms with E-state index in [1.165, 1.54) is 13.2 Å². The number of nitrogens with zero attached hydrogens (tertiary/aromatic N) is 4. The van der Waals surface area contributed by atoms with Gasteiger partial charge >= 0.3 is 0 Å². The number of aromatic nitrogens is 1. The molecule has 16 heavy (non-hydrogen) atoms. The predicted octanol–water partition coefficient (Wildman–Crippen LogP) is 0.755. The number of guanidine groups is 1. The molecular formula is C6H8ClN5O3S. The van der Waals surface area contributed by atoms with Crippen LogP contribution in [0.2, 0.25) is 4.47 Å². The van der Waals surface area contributed by atoms with Gasteiger partial charge in [-0.15, -0.1) is 11.3 Å². The maximum Gasteiger partial charge on any atom is 0.295 e. The number of nitro groups is 1. The first-order chi connectivity index (χ1) is 7.52. The fourth-order valence-electron chi connectivity index (χ4n) is 0.887. The lowest BCUT2D eigenvalue weighted by atomic mass is 10.5. The molecule has 0 aliphatic heterocycles. The molecule has 0 fully saturated rings. The Hall–Kier alpha value is -1.45. The van der Waals surface area contributed by atoms with Crippen LogP contribution in [0.4, 0.5) is 0 Å². The van der Waals surface area contributed by atoms with Crippen LogP contribution >= 0.6 is 22.9 Å². The zero-order chi connectivity index (χ0) is 12.1. The van der Waals surface area contributed by atoms with Crippen LogP contribution in [-0.4, -0.2) is 33.3 Å². The highest BCUT2D eigenvalue weighted by atomic mass is 35.5. The van der Waals surface area contributed by atoms with Crippen molar-refractivity contribution in [2.45, 2.75) is 6.54 Å². The van der Waals surface area contributed by atoms with Gasteiger partial charge in [-0.1, -0.05) is 11.6 Å². The van der Waals surface area contributed by atoms with E-state index < -0.39 is 5.03 Å². The van der Waals surface area contributed by atoms with Gasteiger partial charge in [0.15, 0.2) is 9.50 Å². The van der Waals surface area contributed by atoms with Crippen molar-refractivity contribution in [1.29, 1.82) is 0 Å². The minimum Gasteiger partial charge on any atom is -0.352 e. The smallest absolute Gasteiger partial charge is 0.295 e. The molecule has 0 saturated carbocycles. The fraction of sp³-hybridized carbons (Fsp3) is 0.333. The van der Waals surface area contributed by atoms with Gasteiger partial charge in [0.05, 0.1) is 6.54 Å². The molecule has 0 unspecified atom stereocenters. The summed E-state index contributed by atoms with van der Waals surface area (Å²) in [7, 11) is 1.41. The van der Waals surface area contributed by atoms with Crippen LogP contribution < -0.4 is 5.32 Å². The van der Waals surface area contributed by atoms with Crippen molar-refractivity contribution < 1.29 is 10.2 Å². The summed E-state index contributed by atoms with van der Waals surface area (Å²) in [6, 6.07) is 0. The van der Waals surface area contributed by atoms with E-state index in [0.29, 0.717) is 14.4 Å². The number of hydrogen-bond acceptors (Lipinski definition) is 5. The highest BCUT2D eigenvalue weighted by molar-refractivity contribution is 7.15. The van der Waals surface area contributed by atoms with Crippen LogP contribution in [0.5, 0.6) is 0 Å². The quantitative estimate of drug-likeness (QED) is 0.362. The lowest BCUT2D eigenvalue weighted by molar-refractivity contribution is -0.486. The zero-order valence-corrected chi connectivity index (χ0v) is 9.70. The van der Waals surface area contributed by atoms with Gasteiger partial charge in [-0.25, -0.2) is 20.2 Å². The van der Waals surface area contributed by atoms with E-state index in [2.05, 4.69) is 15.4 Å². The number of hydrogen-bond donors (Lipinski definition) is 2. The van der Waals surface area contributed by atoms with Gasteiger partial charge in [-0.3, -0.25) is 5.21 Å². The molecular weight excluding hydrogens is 258 g/mol. The largest absolute Gasteiger partial charge is 0.352 e. The summed E-state index contributed by atoms with van der Waals surface area (Å²) in [6.45, 7) is 0.0118. The Bertz CT molecular complexity index is 409. The van der Waals surface area contributed by atoms with Gasteiger partial charge in [0.1, 0.15) is 5.10 Å². The third-order valence-corrected chi connectivity index (χ3v) is 2.58. The van der Waals surface area contributed by atoms with Crippen LogP contribution in [0.3, 0.4) is 0 Å². The molecule has 0 saturated heterocycles. The zero-order valence-electron chi connectivity index (χ0n) is 8.12. The number of hydrazone groups is 1. The van der Waals surface area contributed by atoms with Crippen molar-refractivity contribution >= 4 is 28.9 Å². The first-order valence-corrected chi connectivity index (χ1v) is 5.19. The molecule has 0 aliphatic rings. The fourth-order valence-corrected chi connectivity index (χ4v) is 1.85. The average Bonchev–Trinajstić information content (AvgIpc) is 2.60. The minimum absolute atomic E-state index is 0.0118. The molecule has 1 rings (SSSR count). The van der Waals surface area contributed by atoms with Gasteiger partial charge in [0.25, 0.3) is 5.96 Å². The molecule has 0 aromatic carbocycles. The Morgan fingerprint density at radius 1 is 1.94 bits per heavy atom. The van der Waals surface area contributed by atoms with Crippen molar-refractivity contribution in [3.05, 3.63) is 25.7 Å². The highest BCUT2D eigenvalue weighted by Crippen LogP contribution is 2.18. The average molecular weight is 266 g/mol. The minimum atomic E-state index is -0.908. The second-order valence-corrected chi connectivity index (χ2v) is 4.25. The van der Waals surface area contributed by atoms with E-state index in [-0.39, 0.29) is 12.5 Å². The van der Waals surface area contributed by atoms with Gasteiger partial charge in [0, 0.05) is 18.1 Å². The molecule has 10 heteroatoms. The summed E-state index contributed by atoms with van der Waals surface area (Å²) in [5.41, 5.74) is 0. The first-order valence-electron chi connectivity index (χ1n) is 4.00. The van der Waals surface area contributed by atoms with Gasteiger partial charge in [-0.2, -0.15) is 0 Å². The van der Waals surface area contributed by atoms with Crippen LogP contribution in [0.1, 0.15) is 4.88 Å². The number of rotatable bonds is 3. The molecule has 2 N–H and O–H groups in total. The number of thiazole rings is 1. The molecule has 0 aliphatic carbocycles. The Morgan fingerprint density at radius 2 is 2.62 bits per heavy atom. The maximum absolute atomic E-state index is 10.1. The summed E-state index contributed by atoms with van der Waals surface area (Å²) >= 11 is 6.76. The van der Waals surface area contributed by atoms with Gasteiger partial charge in [0.2, 0.25) is 0 Å². The van der Waals surface area contributed by atoms with Gasteiger partial charge in [-0.05, 0) is 0 Å². The molecule has 0 atom stereocenters. The van der Waals surface area contributed by atoms with Crippen LogP contribution in [0.25, 0.3) is 0 Å². The molecule has 0 bridgehead atoms. The first kappa shape index (κ1) is 12.6. The Balaban J connectivity index is 2.70. The summed E-state index contributed by atoms with van der Waals surface area (Å²) in [6.07, 6.45) is 1.47. The third kappa shape index (κ3) is 3.61. The molecule has 1 aromatic heterocycles. The lowest BCUT2D eigenvalue weighted by Gasteiger charge is -2.14. The van der Waals surface area contributed by atoms with Crippen LogP contribution in [-0.2, 0) is 6.54 Å².